The number of nitrogens with zero attached hydrogens (tertiary/aromatic N) is 2. The van der Waals surface area contributed by atoms with Gasteiger partial charge in [0.05, 0.1) is 16.6 Å². The molecule has 0 aliphatic heterocycles. The highest BCUT2D eigenvalue weighted by Crippen LogP contribution is 2.23. The Morgan fingerprint density at radius 1 is 1.11 bits per heavy atom. The Morgan fingerprint density at radius 3 is 2.50 bits per heavy atom. The molecule has 2 N–H and O–H groups in total. The van der Waals surface area contributed by atoms with Crippen molar-refractivity contribution in [3.05, 3.63) is 64.8 Å². The van der Waals surface area contributed by atoms with Crippen molar-refractivity contribution in [1.82, 2.24) is 14.8 Å². The first kappa shape index (κ1) is 17.9. The molecule has 0 atom stereocenters. The number of benzene rings is 2. The molecule has 28 heavy (non-hydrogen) atoms. The number of fused-ring (bicyclic) bond motifs is 3. The third-order valence-electron chi connectivity index (χ3n) is 4.57. The molecule has 6 nitrogen and oxygen atoms in total. The maximum Gasteiger partial charge on any atom is 0.280 e. The van der Waals surface area contributed by atoms with Crippen LogP contribution in [0.2, 0.25) is 0 Å². The summed E-state index contributed by atoms with van der Waals surface area (Å²) in [7, 11) is 0. The highest BCUT2D eigenvalue weighted by Gasteiger charge is 2.21. The summed E-state index contributed by atoms with van der Waals surface area (Å²) in [6.07, 6.45) is 1.38. The van der Waals surface area contributed by atoms with Crippen LogP contribution in [0.25, 0.3) is 27.5 Å². The number of amides is 1. The van der Waals surface area contributed by atoms with E-state index in [4.69, 9.17) is 0 Å². The average Bonchev–Trinajstić information content (AvgIpc) is 2.99. The molecular weight excluding hydrogens is 359 g/mol. The summed E-state index contributed by atoms with van der Waals surface area (Å²) in [4.78, 5) is 29.0. The van der Waals surface area contributed by atoms with Crippen molar-refractivity contribution in [2.75, 3.05) is 5.32 Å². The third-order valence-corrected chi connectivity index (χ3v) is 4.57. The maximum absolute atomic E-state index is 14.0. The summed E-state index contributed by atoms with van der Waals surface area (Å²) in [5.74, 6) is -0.533. The van der Waals surface area contributed by atoms with Crippen molar-refractivity contribution in [3.8, 4) is 5.69 Å². The fourth-order valence-electron chi connectivity index (χ4n) is 2.95. The molecule has 0 aliphatic rings. The van der Waals surface area contributed by atoms with Gasteiger partial charge in [0.25, 0.3) is 5.56 Å². The zero-order chi connectivity index (χ0) is 20.1. The summed E-state index contributed by atoms with van der Waals surface area (Å²) >= 11 is 0. The number of carbonyl (C=O) groups excluding carboxylic acids is 1. The Labute approximate surface area is 160 Å². The number of aromatic nitrogens is 3. The molecular formula is C21H19FN4O2. The summed E-state index contributed by atoms with van der Waals surface area (Å²) in [5, 5.41) is 6.81. The fraction of sp³-hybridized carbons (Fsp3) is 0.190. The van der Waals surface area contributed by atoms with E-state index in [-0.39, 0.29) is 17.0 Å². The van der Waals surface area contributed by atoms with Gasteiger partial charge in [-0.2, -0.15) is 0 Å². The lowest BCUT2D eigenvalue weighted by Gasteiger charge is -2.17. The minimum absolute atomic E-state index is 0.0948. The summed E-state index contributed by atoms with van der Waals surface area (Å²) in [5.41, 5.74) is 1.20. The predicted molar refractivity (Wildman–Crippen MR) is 107 cm³/mol. The van der Waals surface area contributed by atoms with E-state index in [0.717, 1.165) is 0 Å². The van der Waals surface area contributed by atoms with Crippen molar-refractivity contribution >= 4 is 33.4 Å². The zero-order valence-corrected chi connectivity index (χ0v) is 15.7. The Morgan fingerprint density at radius 2 is 1.82 bits per heavy atom. The van der Waals surface area contributed by atoms with Crippen LogP contribution >= 0.6 is 0 Å². The first-order valence-electron chi connectivity index (χ1n) is 8.85. The van der Waals surface area contributed by atoms with Crippen LogP contribution in [0.5, 0.6) is 0 Å². The van der Waals surface area contributed by atoms with Gasteiger partial charge < -0.3 is 5.32 Å². The second-order valence-electron chi connectivity index (χ2n) is 7.69. The van der Waals surface area contributed by atoms with Gasteiger partial charge in [0.15, 0.2) is 0 Å². The lowest BCUT2D eigenvalue weighted by molar-refractivity contribution is -0.123. The molecule has 0 unspecified atom stereocenters. The van der Waals surface area contributed by atoms with Gasteiger partial charge in [0, 0.05) is 22.7 Å². The maximum atomic E-state index is 14.0. The van der Waals surface area contributed by atoms with E-state index in [1.807, 2.05) is 20.8 Å². The minimum Gasteiger partial charge on any atom is -0.326 e. The van der Waals surface area contributed by atoms with Gasteiger partial charge in [-0.3, -0.25) is 19.7 Å². The Bertz CT molecular complexity index is 1260. The average molecular weight is 378 g/mol. The Kier molecular flexibility index (Phi) is 4.03. The number of rotatable bonds is 2. The smallest absolute Gasteiger partial charge is 0.280 e. The third kappa shape index (κ3) is 2.94. The molecule has 7 heteroatoms. The summed E-state index contributed by atoms with van der Waals surface area (Å²) in [6, 6.07) is 11.6. The molecule has 0 saturated heterocycles. The lowest BCUT2D eigenvalue weighted by Crippen LogP contribution is -2.27. The van der Waals surface area contributed by atoms with Crippen molar-refractivity contribution in [3.63, 3.8) is 0 Å². The normalized spacial score (nSPS) is 11.9. The number of halogens is 1. The number of H-pyrrole nitrogens is 1. The van der Waals surface area contributed by atoms with E-state index >= 15 is 0 Å². The van der Waals surface area contributed by atoms with Gasteiger partial charge in [0.2, 0.25) is 5.91 Å². The largest absolute Gasteiger partial charge is 0.326 e. The van der Waals surface area contributed by atoms with Crippen LogP contribution in [-0.4, -0.2) is 20.7 Å². The van der Waals surface area contributed by atoms with Gasteiger partial charge >= 0.3 is 0 Å². The van der Waals surface area contributed by atoms with Crippen molar-refractivity contribution < 1.29 is 9.18 Å². The van der Waals surface area contributed by atoms with E-state index in [9.17, 15) is 14.0 Å². The van der Waals surface area contributed by atoms with Crippen LogP contribution in [0.15, 0.2) is 53.5 Å². The fourth-order valence-corrected chi connectivity index (χ4v) is 2.95. The molecule has 0 aliphatic carbocycles. The summed E-state index contributed by atoms with van der Waals surface area (Å²) in [6.45, 7) is 5.51. The second-order valence-corrected chi connectivity index (χ2v) is 7.69. The zero-order valence-electron chi connectivity index (χ0n) is 15.7. The molecule has 0 radical (unpaired) electrons. The molecule has 2 aromatic heterocycles. The molecule has 4 rings (SSSR count). The van der Waals surface area contributed by atoms with Crippen LogP contribution in [0.3, 0.4) is 0 Å². The number of aromatic amines is 1. The first-order valence-corrected chi connectivity index (χ1v) is 8.85. The molecule has 2 heterocycles. The van der Waals surface area contributed by atoms with Crippen LogP contribution in [0.1, 0.15) is 20.8 Å². The van der Waals surface area contributed by atoms with Gasteiger partial charge in [0.1, 0.15) is 11.3 Å². The van der Waals surface area contributed by atoms with E-state index in [2.05, 4.69) is 15.4 Å². The SMILES string of the molecule is CC(C)(C)C(=O)Nc1ccc(-n2[nH]c3c(cnc4c(F)cccc43)c2=O)cc1. The number of hydrogen-bond donors (Lipinski definition) is 2. The number of carbonyl (C=O) groups is 1. The van der Waals surface area contributed by atoms with Crippen LogP contribution < -0.4 is 10.9 Å². The van der Waals surface area contributed by atoms with Gasteiger partial charge in [-0.25, -0.2) is 9.07 Å². The van der Waals surface area contributed by atoms with Gasteiger partial charge in [-0.15, -0.1) is 0 Å². The van der Waals surface area contributed by atoms with Crippen molar-refractivity contribution in [1.29, 1.82) is 0 Å². The van der Waals surface area contributed by atoms with E-state index < -0.39 is 11.2 Å². The van der Waals surface area contributed by atoms with Crippen LogP contribution in [-0.2, 0) is 4.79 Å². The lowest BCUT2D eigenvalue weighted by atomic mass is 9.95. The molecule has 0 saturated carbocycles. The number of pyridine rings is 1. The number of nitrogens with one attached hydrogen (secondary N) is 2. The highest BCUT2D eigenvalue weighted by atomic mass is 19.1. The number of anilines is 1. The van der Waals surface area contributed by atoms with Gasteiger partial charge in [-0.1, -0.05) is 32.9 Å². The molecule has 142 valence electrons. The minimum atomic E-state index is -0.504. The molecule has 4 aromatic rings. The van der Waals surface area contributed by atoms with Gasteiger partial charge in [-0.05, 0) is 30.3 Å². The van der Waals surface area contributed by atoms with E-state index in [1.54, 1.807) is 36.4 Å². The predicted octanol–water partition coefficient (Wildman–Crippen LogP) is 3.99. The highest BCUT2D eigenvalue weighted by molar-refractivity contribution is 6.02. The first-order chi connectivity index (χ1) is 13.3. The molecule has 0 spiro atoms. The molecule has 2 aromatic carbocycles. The summed E-state index contributed by atoms with van der Waals surface area (Å²) < 4.78 is 15.4. The monoisotopic (exact) mass is 378 g/mol. The number of para-hydroxylation sites is 1. The quantitative estimate of drug-likeness (QED) is 0.553. The Balaban J connectivity index is 1.76. The topological polar surface area (TPSA) is 79.8 Å². The van der Waals surface area contributed by atoms with E-state index in [0.29, 0.717) is 27.7 Å². The molecule has 1 amide bonds. The molecule has 0 bridgehead atoms. The molecule has 0 fully saturated rings. The van der Waals surface area contributed by atoms with E-state index in [1.165, 1.54) is 16.9 Å². The van der Waals surface area contributed by atoms with Crippen LogP contribution in [0.4, 0.5) is 10.1 Å². The van der Waals surface area contributed by atoms with Crippen LogP contribution in [0, 0.1) is 11.2 Å². The van der Waals surface area contributed by atoms with Crippen molar-refractivity contribution in [2.45, 2.75) is 20.8 Å². The Hall–Kier alpha value is -3.48. The number of hydrogen-bond acceptors (Lipinski definition) is 3. The second kappa shape index (κ2) is 6.30. The van der Waals surface area contributed by atoms with Crippen molar-refractivity contribution in [2.24, 2.45) is 5.41 Å². The standard InChI is InChI=1S/C21H19FN4O2/c1-21(2,3)20(28)24-12-7-9-13(10-8-12)26-19(27)15-11-23-18-14(17(15)25-26)5-4-6-16(18)22/h4-11,25H,1-3H3,(H,24,28).